The normalized spacial score (nSPS) is 26.1. The van der Waals surface area contributed by atoms with E-state index in [4.69, 9.17) is 21.4 Å². The predicted molar refractivity (Wildman–Crippen MR) is 217 cm³/mol. The van der Waals surface area contributed by atoms with Crippen LogP contribution in [0.25, 0.3) is 20.7 Å². The number of rotatable bonds is 5. The lowest BCUT2D eigenvalue weighted by Crippen LogP contribution is -2.49. The van der Waals surface area contributed by atoms with Crippen molar-refractivity contribution in [2.45, 2.75) is 32.6 Å². The number of carbonyl (C=O) groups is 4. The number of aryl methyl sites for hydroxylation is 2. The molecule has 5 aromatic rings. The highest BCUT2D eigenvalue weighted by atomic mass is 79.9. The number of thiophene rings is 1. The van der Waals surface area contributed by atoms with E-state index in [-0.39, 0.29) is 35.6 Å². The van der Waals surface area contributed by atoms with Crippen LogP contribution in [0.2, 0.25) is 5.02 Å². The van der Waals surface area contributed by atoms with E-state index in [1.807, 2.05) is 38.1 Å². The van der Waals surface area contributed by atoms with Crippen molar-refractivity contribution in [2.24, 2.45) is 36.1 Å². The maximum atomic E-state index is 15.2. The summed E-state index contributed by atoms with van der Waals surface area (Å²) >= 11 is 14.8. The highest BCUT2D eigenvalue weighted by Crippen LogP contribution is 2.64. The smallest absolute Gasteiger partial charge is 0.242 e. The molecule has 14 heteroatoms. The molecular formula is C41H33Br2ClN4O6S. The summed E-state index contributed by atoms with van der Waals surface area (Å²) in [6, 6.07) is 18.0. The Kier molecular flexibility index (Phi) is 8.50. The average molecular weight is 905 g/mol. The number of methoxy groups -OCH3 is 1. The van der Waals surface area contributed by atoms with Gasteiger partial charge in [-0.05, 0) is 120 Å². The number of carbonyl (C=O) groups excluding carboxylic acids is 4. The summed E-state index contributed by atoms with van der Waals surface area (Å²) < 4.78 is 9.34. The third-order valence-electron chi connectivity index (χ3n) is 12.2. The first-order valence-corrected chi connectivity index (χ1v) is 20.5. The molecule has 4 amide bonds. The topological polar surface area (TPSA) is 122 Å². The molecular weight excluding hydrogens is 872 g/mol. The fourth-order valence-electron chi connectivity index (χ4n) is 9.59. The lowest BCUT2D eigenvalue weighted by molar-refractivity contribution is -0.131. The molecule has 4 heterocycles. The van der Waals surface area contributed by atoms with Crippen molar-refractivity contribution in [3.05, 3.63) is 97.4 Å². The van der Waals surface area contributed by atoms with Gasteiger partial charge in [0.15, 0.2) is 11.5 Å². The van der Waals surface area contributed by atoms with E-state index in [9.17, 15) is 19.5 Å². The number of phenolic OH excluding ortho intramolecular Hbond substituents is 1. The summed E-state index contributed by atoms with van der Waals surface area (Å²) in [7, 11) is 3.16. The van der Waals surface area contributed by atoms with Crippen LogP contribution >= 0.6 is 54.8 Å². The van der Waals surface area contributed by atoms with Gasteiger partial charge < -0.3 is 9.84 Å². The third kappa shape index (κ3) is 5.18. The monoisotopic (exact) mass is 902 g/mol. The fourth-order valence-corrected chi connectivity index (χ4v) is 11.6. The molecule has 3 aromatic carbocycles. The van der Waals surface area contributed by atoms with Crippen LogP contribution in [0.15, 0.2) is 81.3 Å². The molecule has 0 radical (unpaired) electrons. The van der Waals surface area contributed by atoms with Crippen LogP contribution in [-0.4, -0.2) is 45.6 Å². The minimum Gasteiger partial charge on any atom is -0.503 e. The van der Waals surface area contributed by atoms with E-state index in [1.54, 1.807) is 65.5 Å². The zero-order valence-electron chi connectivity index (χ0n) is 30.0. The minimum absolute atomic E-state index is 0.101. The number of hydrogen-bond donors (Lipinski definition) is 1. The number of phenols is 1. The maximum absolute atomic E-state index is 15.2. The number of aromatic nitrogens is 2. The summed E-state index contributed by atoms with van der Waals surface area (Å²) in [5.74, 6) is -4.34. The zero-order chi connectivity index (χ0) is 38.8. The van der Waals surface area contributed by atoms with Crippen molar-refractivity contribution in [1.29, 1.82) is 0 Å². The van der Waals surface area contributed by atoms with Crippen molar-refractivity contribution in [2.75, 3.05) is 16.9 Å². The minimum atomic E-state index is -1.31. The molecule has 55 heavy (non-hydrogen) atoms. The van der Waals surface area contributed by atoms with Gasteiger partial charge in [0.1, 0.15) is 11.5 Å². The first kappa shape index (κ1) is 36.3. The Bertz CT molecular complexity index is 2570. The summed E-state index contributed by atoms with van der Waals surface area (Å²) in [6.07, 6.45) is 2.50. The number of allylic oxidation sites excluding steroid dienone is 2. The second-order valence-electron chi connectivity index (χ2n) is 14.9. The maximum Gasteiger partial charge on any atom is 0.242 e. The standard InChI is InChI=1S/C41H33Br2ClN4O6S/c1-18-25-15-21(44)7-12-31(25)55-36(18)29-17-32(46(3)45-29)48-38(51)27-16-26-23(34(41(27,2)40(48)53)19-13-28(43)35(49)30(14-19)54-4)10-11-24-33(26)39(52)47(37(24)50)22-8-5-20(42)6-9-22/h5-10,12-15,17,24,26-27,33-34,49H,11,16H2,1-4H3/t24-,26+,27-,33-,34-,41+/m0/s1. The van der Waals surface area contributed by atoms with E-state index < -0.39 is 40.9 Å². The molecule has 4 aliphatic rings. The zero-order valence-corrected chi connectivity index (χ0v) is 34.7. The number of benzene rings is 3. The van der Waals surface area contributed by atoms with Gasteiger partial charge in [0.05, 0.1) is 45.3 Å². The van der Waals surface area contributed by atoms with Crippen molar-refractivity contribution in [3.8, 4) is 22.1 Å². The van der Waals surface area contributed by atoms with Crippen LogP contribution in [0, 0.1) is 36.0 Å². The second-order valence-corrected chi connectivity index (χ2v) is 18.2. The van der Waals surface area contributed by atoms with E-state index in [0.29, 0.717) is 38.7 Å². The number of amides is 4. The summed E-state index contributed by atoms with van der Waals surface area (Å²) in [6.45, 7) is 3.83. The van der Waals surface area contributed by atoms with Crippen LogP contribution < -0.4 is 14.5 Å². The predicted octanol–water partition coefficient (Wildman–Crippen LogP) is 8.94. The molecule has 6 atom stereocenters. The number of imide groups is 2. The van der Waals surface area contributed by atoms with Gasteiger partial charge >= 0.3 is 0 Å². The molecule has 1 saturated carbocycles. The Morgan fingerprint density at radius 2 is 1.71 bits per heavy atom. The number of aromatic hydroxyl groups is 1. The number of anilines is 2. The SMILES string of the molecule is COc1cc([C@H]2C3=CC[C@@H]4C(=O)N(c5ccc(Br)cc5)C(=O)[C@@H]4[C@@H]3C[C@H]3C(=O)N(c4cc(-c5sc6ccc(Cl)cc6c5C)nn4C)C(=O)[C@@]23C)cc(Br)c1O. The molecule has 2 aromatic heterocycles. The van der Waals surface area contributed by atoms with Crippen LogP contribution in [-0.2, 0) is 26.2 Å². The first-order valence-electron chi connectivity index (χ1n) is 17.8. The van der Waals surface area contributed by atoms with Crippen LogP contribution in [0.1, 0.15) is 36.8 Å². The van der Waals surface area contributed by atoms with Crippen LogP contribution in [0.3, 0.4) is 0 Å². The van der Waals surface area contributed by atoms with Crippen molar-refractivity contribution in [1.82, 2.24) is 9.78 Å². The largest absolute Gasteiger partial charge is 0.503 e. The van der Waals surface area contributed by atoms with E-state index in [0.717, 1.165) is 30.6 Å². The van der Waals surface area contributed by atoms with Crippen molar-refractivity contribution < 1.29 is 29.0 Å². The Labute approximate surface area is 341 Å². The lowest BCUT2D eigenvalue weighted by atomic mass is 9.51. The molecule has 0 unspecified atom stereocenters. The van der Waals surface area contributed by atoms with Gasteiger partial charge in [0, 0.05) is 33.2 Å². The molecule has 2 saturated heterocycles. The fraction of sp³-hybridized carbons (Fsp3) is 0.293. The van der Waals surface area contributed by atoms with Gasteiger partial charge in [-0.15, -0.1) is 11.3 Å². The Morgan fingerprint density at radius 3 is 2.44 bits per heavy atom. The number of hydrogen-bond acceptors (Lipinski definition) is 8. The number of nitrogens with zero attached hydrogens (tertiary/aromatic N) is 4. The van der Waals surface area contributed by atoms with Gasteiger partial charge in [0.25, 0.3) is 0 Å². The number of ether oxygens (including phenoxy) is 1. The van der Waals surface area contributed by atoms with Crippen LogP contribution in [0.5, 0.6) is 11.5 Å². The lowest BCUT2D eigenvalue weighted by Gasteiger charge is -2.49. The van der Waals surface area contributed by atoms with E-state index in [2.05, 4.69) is 31.9 Å². The van der Waals surface area contributed by atoms with Gasteiger partial charge in [-0.25, -0.2) is 4.90 Å². The van der Waals surface area contributed by atoms with Gasteiger partial charge in [-0.2, -0.15) is 5.10 Å². The molecule has 3 fully saturated rings. The highest BCUT2D eigenvalue weighted by molar-refractivity contribution is 9.10. The van der Waals surface area contributed by atoms with Gasteiger partial charge in [0.2, 0.25) is 23.6 Å². The van der Waals surface area contributed by atoms with Crippen molar-refractivity contribution in [3.63, 3.8) is 0 Å². The summed E-state index contributed by atoms with van der Waals surface area (Å²) in [5.41, 5.74) is 2.27. The third-order valence-corrected chi connectivity index (χ3v) is 14.8. The van der Waals surface area contributed by atoms with E-state index >= 15 is 4.79 Å². The highest BCUT2D eigenvalue weighted by Gasteiger charge is 2.68. The molecule has 9 rings (SSSR count). The average Bonchev–Trinajstić information content (AvgIpc) is 3.83. The Balaban J connectivity index is 1.17. The summed E-state index contributed by atoms with van der Waals surface area (Å²) in [5, 5.41) is 17.3. The Hall–Kier alpha value is -4.30. The molecule has 280 valence electrons. The molecule has 1 N–H and O–H groups in total. The molecule has 10 nitrogen and oxygen atoms in total. The van der Waals surface area contributed by atoms with Gasteiger partial charge in [-0.3, -0.25) is 28.8 Å². The van der Waals surface area contributed by atoms with Crippen LogP contribution in [0.4, 0.5) is 11.5 Å². The van der Waals surface area contributed by atoms with E-state index in [1.165, 1.54) is 16.9 Å². The molecule has 0 spiro atoms. The number of halogens is 3. The summed E-state index contributed by atoms with van der Waals surface area (Å²) in [4.78, 5) is 62.0. The Morgan fingerprint density at radius 1 is 0.964 bits per heavy atom. The number of fused-ring (bicyclic) bond motifs is 5. The molecule has 0 bridgehead atoms. The molecule has 2 aliphatic carbocycles. The quantitative estimate of drug-likeness (QED) is 0.138. The van der Waals surface area contributed by atoms with Crippen molar-refractivity contribution >= 4 is 100 Å². The second kappa shape index (κ2) is 12.9. The first-order chi connectivity index (χ1) is 26.2. The van der Waals surface area contributed by atoms with Gasteiger partial charge in [-0.1, -0.05) is 39.2 Å². The molecule has 2 aliphatic heterocycles.